The normalized spacial score (nSPS) is 10.6. The minimum absolute atomic E-state index is 0.0988. The van der Waals surface area contributed by atoms with Crippen molar-refractivity contribution in [1.82, 2.24) is 0 Å². The summed E-state index contributed by atoms with van der Waals surface area (Å²) in [5.74, 6) is -2.79. The Balaban J connectivity index is 0.000000257. The van der Waals surface area contributed by atoms with Crippen LogP contribution >= 0.6 is 0 Å². The van der Waals surface area contributed by atoms with Crippen LogP contribution in [0, 0.1) is 20.8 Å². The molecule has 0 aromatic heterocycles. The second-order valence-electron chi connectivity index (χ2n) is 5.36. The monoisotopic (exact) mass is 363 g/mol. The predicted octanol–water partition coefficient (Wildman–Crippen LogP) is -0.0704. The summed E-state index contributed by atoms with van der Waals surface area (Å²) in [5, 5.41) is 20.9. The number of carboxylic acid groups (broad SMARTS) is 2. The average molecular weight is 363 g/mol. The van der Waals surface area contributed by atoms with Gasteiger partial charge in [0.1, 0.15) is 10.1 Å². The molecule has 0 spiro atoms. The molecule has 0 atom stereocenters. The first-order valence-corrected chi connectivity index (χ1v) is 8.40. The third-order valence-corrected chi connectivity index (χ3v) is 4.18. The first kappa shape index (κ1) is 20.3. The van der Waals surface area contributed by atoms with Gasteiger partial charge in [-0.05, 0) is 31.9 Å². The van der Waals surface area contributed by atoms with Gasteiger partial charge in [-0.2, -0.15) is 0 Å². The van der Waals surface area contributed by atoms with E-state index < -0.39 is 32.5 Å². The third-order valence-electron chi connectivity index (χ3n) is 3.14. The maximum absolute atomic E-state index is 10.7. The van der Waals surface area contributed by atoms with E-state index in [4.69, 9.17) is 0 Å². The van der Waals surface area contributed by atoms with Gasteiger partial charge in [0, 0.05) is 5.56 Å². The molecule has 0 amide bonds. The van der Waals surface area contributed by atoms with Crippen molar-refractivity contribution in [1.29, 1.82) is 0 Å². The van der Waals surface area contributed by atoms with Gasteiger partial charge in [-0.25, -0.2) is 8.42 Å². The summed E-state index contributed by atoms with van der Waals surface area (Å²) in [5.41, 5.74) is 1.65. The Hall–Kier alpha value is -2.71. The summed E-state index contributed by atoms with van der Waals surface area (Å²) in [6.07, 6.45) is 0. The van der Waals surface area contributed by atoms with E-state index in [2.05, 4.69) is 0 Å². The maximum atomic E-state index is 10.7. The number of carboxylic acids is 2. The van der Waals surface area contributed by atoms with Gasteiger partial charge in [0.05, 0.1) is 16.8 Å². The van der Waals surface area contributed by atoms with Crippen LogP contribution in [0.2, 0.25) is 0 Å². The molecule has 0 heterocycles. The molecule has 0 aliphatic heterocycles. The van der Waals surface area contributed by atoms with Gasteiger partial charge in [-0.1, -0.05) is 47.5 Å². The van der Waals surface area contributed by atoms with E-state index >= 15 is 0 Å². The second-order valence-corrected chi connectivity index (χ2v) is 6.67. The highest BCUT2D eigenvalue weighted by Gasteiger charge is 2.12. The van der Waals surface area contributed by atoms with E-state index in [9.17, 15) is 32.8 Å². The van der Waals surface area contributed by atoms with E-state index in [1.54, 1.807) is 12.1 Å². The summed E-state index contributed by atoms with van der Waals surface area (Å²) in [6, 6.07) is 8.83. The number of benzene rings is 2. The average Bonchev–Trinajstić information content (AvgIpc) is 2.45. The molecule has 0 N–H and O–H groups in total. The summed E-state index contributed by atoms with van der Waals surface area (Å²) in [7, 11) is -4.78. The minimum atomic E-state index is -4.78. The fourth-order valence-corrected chi connectivity index (χ4v) is 3.12. The number of rotatable bonds is 3. The van der Waals surface area contributed by atoms with Gasteiger partial charge in [0.25, 0.3) is 0 Å². The summed E-state index contributed by atoms with van der Waals surface area (Å²) in [6.45, 7) is 5.07. The van der Waals surface area contributed by atoms with E-state index in [0.717, 1.165) is 17.2 Å². The molecule has 0 saturated carbocycles. The lowest BCUT2D eigenvalue weighted by Crippen LogP contribution is -2.25. The first-order valence-electron chi connectivity index (χ1n) is 7.00. The lowest BCUT2D eigenvalue weighted by atomic mass is 10.1. The van der Waals surface area contributed by atoms with Crippen LogP contribution in [-0.2, 0) is 10.1 Å². The zero-order valence-corrected chi connectivity index (χ0v) is 14.5. The Morgan fingerprint density at radius 3 is 1.76 bits per heavy atom. The van der Waals surface area contributed by atoms with E-state index in [1.165, 1.54) is 19.1 Å². The molecule has 0 aliphatic rings. The van der Waals surface area contributed by atoms with Crippen LogP contribution in [0.5, 0.6) is 0 Å². The smallest absolute Gasteiger partial charge is 0.125 e. The fourth-order valence-electron chi connectivity index (χ4n) is 2.24. The van der Waals surface area contributed by atoms with Gasteiger partial charge >= 0.3 is 0 Å². The predicted molar refractivity (Wildman–Crippen MR) is 83.7 cm³/mol. The van der Waals surface area contributed by atoms with Crippen molar-refractivity contribution in [2.45, 2.75) is 25.7 Å². The molecule has 8 heteroatoms. The molecule has 0 fully saturated rings. The minimum Gasteiger partial charge on any atom is -0.744 e. The number of carbonyl (C=O) groups excluding carboxylic acids is 2. The van der Waals surface area contributed by atoms with Gasteiger partial charge in [0.15, 0.2) is 0 Å². The molecule has 0 bridgehead atoms. The number of carbonyl (C=O) groups is 2. The summed E-state index contributed by atoms with van der Waals surface area (Å²) >= 11 is 0. The highest BCUT2D eigenvalue weighted by molar-refractivity contribution is 7.85. The van der Waals surface area contributed by atoms with E-state index in [0.29, 0.717) is 0 Å². The molecule has 7 nitrogen and oxygen atoms in total. The van der Waals surface area contributed by atoms with Crippen LogP contribution in [-0.4, -0.2) is 24.9 Å². The standard InChI is InChI=1S/C9H10O2.C8H8O5S/c1-6-3-7(2)5-8(4-6)9(10)11;1-5-3-2-4-6(8(9)10)7(5)14(11,12)13/h3-5H,1-2H3,(H,10,11);2-4H,1H3,(H,9,10)(H,11,12,13)/p-3. The van der Waals surface area contributed by atoms with Crippen LogP contribution in [0.3, 0.4) is 0 Å². The number of aryl methyl sites for hydroxylation is 3. The van der Waals surface area contributed by atoms with Gasteiger partial charge in [-0.15, -0.1) is 0 Å². The molecule has 134 valence electrons. The highest BCUT2D eigenvalue weighted by Crippen LogP contribution is 2.19. The van der Waals surface area contributed by atoms with Gasteiger partial charge in [-0.3, -0.25) is 0 Å². The fraction of sp³-hybridized carbons (Fsp3) is 0.176. The van der Waals surface area contributed by atoms with Gasteiger partial charge < -0.3 is 24.4 Å². The SMILES string of the molecule is Cc1cc(C)cc(C(=O)[O-])c1.Cc1cccc(C(=O)[O-])c1S(=O)(=O)[O-]. The summed E-state index contributed by atoms with van der Waals surface area (Å²) in [4.78, 5) is 20.2. The highest BCUT2D eigenvalue weighted by atomic mass is 32.2. The summed E-state index contributed by atoms with van der Waals surface area (Å²) < 4.78 is 32.2. The third kappa shape index (κ3) is 5.70. The second kappa shape index (κ2) is 7.91. The topological polar surface area (TPSA) is 137 Å². The van der Waals surface area contributed by atoms with Crippen LogP contribution in [0.4, 0.5) is 0 Å². The maximum Gasteiger partial charge on any atom is 0.125 e. The number of hydrogen-bond acceptors (Lipinski definition) is 7. The zero-order valence-electron chi connectivity index (χ0n) is 13.7. The molecule has 2 rings (SSSR count). The first-order chi connectivity index (χ1) is 11.4. The van der Waals surface area contributed by atoms with Crippen molar-refractivity contribution in [3.8, 4) is 0 Å². The number of hydrogen-bond donors (Lipinski definition) is 0. The quantitative estimate of drug-likeness (QED) is 0.696. The zero-order chi connectivity index (χ0) is 19.4. The molecule has 2 aromatic carbocycles. The van der Waals surface area contributed by atoms with Crippen LogP contribution < -0.4 is 10.2 Å². The lowest BCUT2D eigenvalue weighted by Gasteiger charge is -2.15. The molecule has 0 unspecified atom stereocenters. The Labute approximate surface area is 145 Å². The number of aromatic carboxylic acids is 2. The Kier molecular flexibility index (Phi) is 6.43. The van der Waals surface area contributed by atoms with E-state index in [1.807, 2.05) is 19.9 Å². The molecule has 0 aliphatic carbocycles. The van der Waals surface area contributed by atoms with Crippen molar-refractivity contribution >= 4 is 22.1 Å². The Morgan fingerprint density at radius 1 is 0.880 bits per heavy atom. The molecule has 25 heavy (non-hydrogen) atoms. The Morgan fingerprint density at radius 2 is 1.40 bits per heavy atom. The largest absolute Gasteiger partial charge is 0.744 e. The van der Waals surface area contributed by atoms with Crippen LogP contribution in [0.15, 0.2) is 41.3 Å². The van der Waals surface area contributed by atoms with Crippen molar-refractivity contribution in [3.63, 3.8) is 0 Å². The molecule has 0 saturated heterocycles. The van der Waals surface area contributed by atoms with Crippen LogP contribution in [0.25, 0.3) is 0 Å². The van der Waals surface area contributed by atoms with Gasteiger partial charge in [0.2, 0.25) is 0 Å². The molecule has 0 radical (unpaired) electrons. The van der Waals surface area contributed by atoms with E-state index in [-0.39, 0.29) is 11.1 Å². The van der Waals surface area contributed by atoms with Crippen molar-refractivity contribution < 1.29 is 32.8 Å². The molecular formula is C17H15O7S-3. The lowest BCUT2D eigenvalue weighted by molar-refractivity contribution is -0.256. The Bertz CT molecular complexity index is 894. The van der Waals surface area contributed by atoms with Crippen molar-refractivity contribution in [2.24, 2.45) is 0 Å². The van der Waals surface area contributed by atoms with Crippen LogP contribution in [0.1, 0.15) is 37.4 Å². The van der Waals surface area contributed by atoms with Crippen molar-refractivity contribution in [3.05, 3.63) is 64.2 Å². The molecule has 2 aromatic rings. The molecular weight excluding hydrogens is 348 g/mol. The van der Waals surface area contributed by atoms with Crippen molar-refractivity contribution in [2.75, 3.05) is 0 Å².